The Morgan fingerprint density at radius 1 is 1.19 bits per heavy atom. The minimum absolute atomic E-state index is 0.0938. The predicted molar refractivity (Wildman–Crippen MR) is 93.1 cm³/mol. The number of fused-ring (bicyclic) bond motifs is 1. The summed E-state index contributed by atoms with van der Waals surface area (Å²) in [5, 5.41) is 0. The van der Waals surface area contributed by atoms with Crippen molar-refractivity contribution in [2.24, 2.45) is 0 Å². The molecule has 0 saturated heterocycles. The zero-order chi connectivity index (χ0) is 19.6. The molecule has 0 aliphatic carbocycles. The minimum Gasteiger partial charge on any atom is -0.342 e. The van der Waals surface area contributed by atoms with E-state index in [4.69, 9.17) is 0 Å². The van der Waals surface area contributed by atoms with Crippen molar-refractivity contribution < 1.29 is 18.0 Å². The van der Waals surface area contributed by atoms with Crippen molar-refractivity contribution in [3.05, 3.63) is 53.4 Å². The standard InChI is InChI=1S/C18H18F3N5O/c1-11-10-14(25-17(22-11)18(19,20)21)16(27)26(2)9-5-8-15-23-12-6-3-4-7-13(12)24-15/h3-4,6-7,10H,5,8-9H2,1-2H3,(H,23,24). The quantitative estimate of drug-likeness (QED) is 0.740. The Morgan fingerprint density at radius 3 is 2.63 bits per heavy atom. The van der Waals surface area contributed by atoms with Gasteiger partial charge in [-0.2, -0.15) is 13.2 Å². The Labute approximate surface area is 153 Å². The molecular weight excluding hydrogens is 359 g/mol. The lowest BCUT2D eigenvalue weighted by molar-refractivity contribution is -0.145. The van der Waals surface area contributed by atoms with Gasteiger partial charge in [0.25, 0.3) is 5.91 Å². The van der Waals surface area contributed by atoms with Crippen molar-refractivity contribution in [1.29, 1.82) is 0 Å². The van der Waals surface area contributed by atoms with Crippen molar-refractivity contribution in [3.8, 4) is 0 Å². The van der Waals surface area contributed by atoms with E-state index in [1.54, 1.807) is 0 Å². The monoisotopic (exact) mass is 377 g/mol. The maximum absolute atomic E-state index is 12.8. The molecule has 0 spiro atoms. The molecule has 1 aromatic carbocycles. The average molecular weight is 377 g/mol. The number of H-pyrrole nitrogens is 1. The van der Waals surface area contributed by atoms with E-state index in [1.165, 1.54) is 24.9 Å². The van der Waals surface area contributed by atoms with Gasteiger partial charge in [0.15, 0.2) is 0 Å². The summed E-state index contributed by atoms with van der Waals surface area (Å²) in [5.74, 6) is -1.08. The minimum atomic E-state index is -4.69. The summed E-state index contributed by atoms with van der Waals surface area (Å²) in [6, 6.07) is 8.90. The summed E-state index contributed by atoms with van der Waals surface area (Å²) >= 11 is 0. The lowest BCUT2D eigenvalue weighted by Gasteiger charge is -2.17. The molecule has 2 aromatic heterocycles. The second-order valence-corrected chi connectivity index (χ2v) is 6.25. The van der Waals surface area contributed by atoms with Crippen LogP contribution in [0.3, 0.4) is 0 Å². The Hall–Kier alpha value is -2.97. The van der Waals surface area contributed by atoms with Gasteiger partial charge < -0.3 is 9.88 Å². The Bertz CT molecular complexity index is 934. The van der Waals surface area contributed by atoms with Crippen molar-refractivity contribution in [2.75, 3.05) is 13.6 Å². The molecule has 2 heterocycles. The van der Waals surface area contributed by atoms with Crippen LogP contribution in [0.25, 0.3) is 11.0 Å². The molecule has 0 aliphatic heterocycles. The van der Waals surface area contributed by atoms with Gasteiger partial charge in [0.1, 0.15) is 11.5 Å². The van der Waals surface area contributed by atoms with E-state index >= 15 is 0 Å². The Balaban J connectivity index is 1.63. The average Bonchev–Trinajstić information content (AvgIpc) is 3.02. The van der Waals surface area contributed by atoms with Crippen LogP contribution in [-0.2, 0) is 12.6 Å². The van der Waals surface area contributed by atoms with Gasteiger partial charge in [-0.3, -0.25) is 4.79 Å². The molecule has 27 heavy (non-hydrogen) atoms. The third-order valence-corrected chi connectivity index (χ3v) is 4.02. The number of hydrogen-bond donors (Lipinski definition) is 1. The van der Waals surface area contributed by atoms with Gasteiger partial charge in [-0.15, -0.1) is 0 Å². The molecule has 1 N–H and O–H groups in total. The third-order valence-electron chi connectivity index (χ3n) is 4.02. The topological polar surface area (TPSA) is 74.8 Å². The summed E-state index contributed by atoms with van der Waals surface area (Å²) < 4.78 is 38.5. The molecule has 0 aliphatic rings. The fourth-order valence-electron chi connectivity index (χ4n) is 2.71. The number of rotatable bonds is 5. The van der Waals surface area contributed by atoms with Gasteiger partial charge >= 0.3 is 6.18 Å². The SMILES string of the molecule is Cc1cc(C(=O)N(C)CCCc2nc3ccccc3[nH]2)nc(C(F)(F)F)n1. The zero-order valence-corrected chi connectivity index (χ0v) is 14.8. The smallest absolute Gasteiger partial charge is 0.342 e. The Morgan fingerprint density at radius 2 is 1.93 bits per heavy atom. The van der Waals surface area contributed by atoms with E-state index < -0.39 is 17.9 Å². The van der Waals surface area contributed by atoms with E-state index in [2.05, 4.69) is 19.9 Å². The van der Waals surface area contributed by atoms with Crippen LogP contribution in [0.2, 0.25) is 0 Å². The number of nitrogens with zero attached hydrogens (tertiary/aromatic N) is 4. The van der Waals surface area contributed by atoms with Crippen LogP contribution >= 0.6 is 0 Å². The highest BCUT2D eigenvalue weighted by atomic mass is 19.4. The summed E-state index contributed by atoms with van der Waals surface area (Å²) in [7, 11) is 1.53. The summed E-state index contributed by atoms with van der Waals surface area (Å²) in [6.07, 6.45) is -3.47. The third kappa shape index (κ3) is 4.42. The number of para-hydroxylation sites is 2. The molecule has 1 amide bonds. The van der Waals surface area contributed by atoms with Gasteiger partial charge in [-0.25, -0.2) is 15.0 Å². The van der Waals surface area contributed by atoms with Gasteiger partial charge in [-0.1, -0.05) is 12.1 Å². The molecule has 0 bridgehead atoms. The second kappa shape index (κ2) is 7.34. The van der Waals surface area contributed by atoms with Crippen molar-refractivity contribution in [2.45, 2.75) is 25.9 Å². The van der Waals surface area contributed by atoms with Crippen LogP contribution in [0.4, 0.5) is 13.2 Å². The number of amides is 1. The van der Waals surface area contributed by atoms with Gasteiger partial charge in [0.05, 0.1) is 11.0 Å². The molecule has 9 heteroatoms. The fourth-order valence-corrected chi connectivity index (χ4v) is 2.71. The van der Waals surface area contributed by atoms with Crippen LogP contribution in [0.5, 0.6) is 0 Å². The first-order valence-corrected chi connectivity index (χ1v) is 8.36. The molecule has 142 valence electrons. The molecular formula is C18H18F3N5O. The molecule has 0 atom stereocenters. The normalized spacial score (nSPS) is 11.7. The number of aryl methyl sites for hydroxylation is 2. The predicted octanol–water partition coefficient (Wildman–Crippen LogP) is 3.38. The number of nitrogens with one attached hydrogen (secondary N) is 1. The number of aromatic nitrogens is 4. The number of hydrogen-bond acceptors (Lipinski definition) is 4. The van der Waals surface area contributed by atoms with Gasteiger partial charge in [0, 0.05) is 25.7 Å². The number of halogens is 3. The lowest BCUT2D eigenvalue weighted by Crippen LogP contribution is -2.30. The van der Waals surface area contributed by atoms with E-state index in [0.29, 0.717) is 19.4 Å². The van der Waals surface area contributed by atoms with Gasteiger partial charge in [0.2, 0.25) is 5.82 Å². The number of imidazole rings is 1. The summed E-state index contributed by atoms with van der Waals surface area (Å²) in [4.78, 5) is 28.1. The van der Waals surface area contributed by atoms with Crippen molar-refractivity contribution >= 4 is 16.9 Å². The van der Waals surface area contributed by atoms with Crippen LogP contribution in [-0.4, -0.2) is 44.3 Å². The van der Waals surface area contributed by atoms with E-state index in [9.17, 15) is 18.0 Å². The van der Waals surface area contributed by atoms with E-state index in [-0.39, 0.29) is 11.4 Å². The molecule has 0 saturated carbocycles. The van der Waals surface area contributed by atoms with Crippen LogP contribution in [0, 0.1) is 6.92 Å². The maximum atomic E-state index is 12.8. The van der Waals surface area contributed by atoms with Crippen LogP contribution in [0.15, 0.2) is 30.3 Å². The lowest BCUT2D eigenvalue weighted by atomic mass is 10.2. The first-order valence-electron chi connectivity index (χ1n) is 8.36. The van der Waals surface area contributed by atoms with E-state index in [0.717, 1.165) is 16.9 Å². The largest absolute Gasteiger partial charge is 0.451 e. The summed E-state index contributed by atoms with van der Waals surface area (Å²) in [6.45, 7) is 1.76. The first-order chi connectivity index (χ1) is 12.7. The van der Waals surface area contributed by atoms with Crippen molar-refractivity contribution in [3.63, 3.8) is 0 Å². The number of alkyl halides is 3. The van der Waals surface area contributed by atoms with Gasteiger partial charge in [-0.05, 0) is 31.5 Å². The first kappa shape index (κ1) is 18.8. The maximum Gasteiger partial charge on any atom is 0.451 e. The number of carbonyl (C=O) groups excluding carboxylic acids is 1. The highest BCUT2D eigenvalue weighted by Gasteiger charge is 2.35. The van der Waals surface area contributed by atoms with E-state index in [1.807, 2.05) is 24.3 Å². The number of benzene rings is 1. The van der Waals surface area contributed by atoms with Crippen LogP contribution < -0.4 is 0 Å². The molecule has 0 fully saturated rings. The second-order valence-electron chi connectivity index (χ2n) is 6.25. The summed E-state index contributed by atoms with van der Waals surface area (Å²) in [5.41, 5.74) is 1.64. The molecule has 0 unspecified atom stereocenters. The molecule has 3 rings (SSSR count). The molecule has 0 radical (unpaired) electrons. The highest BCUT2D eigenvalue weighted by molar-refractivity contribution is 5.92. The van der Waals surface area contributed by atoms with Crippen LogP contribution in [0.1, 0.15) is 34.3 Å². The van der Waals surface area contributed by atoms with Crippen molar-refractivity contribution in [1.82, 2.24) is 24.8 Å². The zero-order valence-electron chi connectivity index (χ0n) is 14.8. The molecule has 3 aromatic rings. The highest BCUT2D eigenvalue weighted by Crippen LogP contribution is 2.26. The fraction of sp³-hybridized carbons (Fsp3) is 0.333. The number of carbonyl (C=O) groups is 1. The molecule has 6 nitrogen and oxygen atoms in total. The Kier molecular flexibility index (Phi) is 5.11. The number of aromatic amines is 1.